The molecule has 2 aromatic rings. The first-order valence-corrected chi connectivity index (χ1v) is 9.94. The zero-order valence-electron chi connectivity index (χ0n) is 14.5. The summed E-state index contributed by atoms with van der Waals surface area (Å²) in [7, 11) is -3.92. The summed E-state index contributed by atoms with van der Waals surface area (Å²) in [6.45, 7) is 3.05. The predicted octanol–water partition coefficient (Wildman–Crippen LogP) is 3.43. The van der Waals surface area contributed by atoms with E-state index >= 15 is 0 Å². The van der Waals surface area contributed by atoms with E-state index < -0.39 is 33.1 Å². The molecule has 1 aliphatic rings. The summed E-state index contributed by atoms with van der Waals surface area (Å²) >= 11 is 6.10. The Morgan fingerprint density at radius 3 is 2.48 bits per heavy atom. The van der Waals surface area contributed by atoms with E-state index in [-0.39, 0.29) is 27.7 Å². The van der Waals surface area contributed by atoms with Crippen molar-refractivity contribution in [3.05, 3.63) is 58.9 Å². The lowest BCUT2D eigenvalue weighted by atomic mass is 9.95. The number of benzene rings is 2. The fraction of sp³-hybridized carbons (Fsp3) is 0.222. The van der Waals surface area contributed by atoms with Crippen LogP contribution in [0.2, 0.25) is 5.02 Å². The van der Waals surface area contributed by atoms with Crippen molar-refractivity contribution < 1.29 is 22.4 Å². The molecule has 9 heteroatoms. The Hall–Kier alpha value is -2.45. The molecule has 1 saturated heterocycles. The van der Waals surface area contributed by atoms with Crippen LogP contribution in [0.5, 0.6) is 0 Å². The third kappa shape index (κ3) is 3.54. The van der Waals surface area contributed by atoms with E-state index in [4.69, 9.17) is 11.6 Å². The highest BCUT2D eigenvalue weighted by atomic mass is 35.5. The van der Waals surface area contributed by atoms with Crippen molar-refractivity contribution in [3.63, 3.8) is 0 Å². The van der Waals surface area contributed by atoms with Crippen molar-refractivity contribution in [3.8, 4) is 0 Å². The molecule has 6 nitrogen and oxygen atoms in total. The molecule has 0 aliphatic carbocycles. The Kier molecular flexibility index (Phi) is 4.73. The minimum absolute atomic E-state index is 0.00654. The summed E-state index contributed by atoms with van der Waals surface area (Å²) in [5, 5.41) is 2.41. The lowest BCUT2D eigenvalue weighted by molar-refractivity contribution is -0.123. The summed E-state index contributed by atoms with van der Waals surface area (Å²) in [5.41, 5.74) is -1.20. The lowest BCUT2D eigenvalue weighted by Crippen LogP contribution is -2.33. The van der Waals surface area contributed by atoms with Gasteiger partial charge in [0.15, 0.2) is 0 Å². The second kappa shape index (κ2) is 6.61. The van der Waals surface area contributed by atoms with E-state index in [1.807, 2.05) is 0 Å². The van der Waals surface area contributed by atoms with Gasteiger partial charge >= 0.3 is 0 Å². The number of sulfonamides is 1. The van der Waals surface area contributed by atoms with Crippen LogP contribution in [0.1, 0.15) is 24.2 Å². The first-order valence-electron chi connectivity index (χ1n) is 7.96. The Morgan fingerprint density at radius 2 is 1.89 bits per heavy atom. The van der Waals surface area contributed by atoms with Gasteiger partial charge in [-0.05, 0) is 44.2 Å². The summed E-state index contributed by atoms with van der Waals surface area (Å²) in [6.07, 6.45) is 0. The molecule has 142 valence electrons. The zero-order valence-corrected chi connectivity index (χ0v) is 16.1. The average Bonchev–Trinajstić information content (AvgIpc) is 2.73. The molecule has 0 aromatic heterocycles. The van der Waals surface area contributed by atoms with Gasteiger partial charge in [0, 0.05) is 5.56 Å². The first-order chi connectivity index (χ1) is 12.5. The van der Waals surface area contributed by atoms with Crippen LogP contribution in [-0.4, -0.2) is 26.0 Å². The van der Waals surface area contributed by atoms with Gasteiger partial charge in [0.2, 0.25) is 15.9 Å². The fourth-order valence-electron chi connectivity index (χ4n) is 2.81. The van der Waals surface area contributed by atoms with Gasteiger partial charge in [-0.1, -0.05) is 23.7 Å². The van der Waals surface area contributed by atoms with Crippen molar-refractivity contribution in [2.45, 2.75) is 13.8 Å². The average molecular weight is 411 g/mol. The molecule has 0 bridgehead atoms. The Morgan fingerprint density at radius 1 is 1.22 bits per heavy atom. The largest absolute Gasteiger partial charge is 0.319 e. The van der Waals surface area contributed by atoms with Gasteiger partial charge in [0.1, 0.15) is 5.82 Å². The van der Waals surface area contributed by atoms with Crippen molar-refractivity contribution in [1.82, 2.24) is 0 Å². The standard InChI is InChI=1S/C18H16ClFN2O4S/c1-18(2)10-27(25,26)22(17(18)24)15-9-11(7-8-12(15)19)16(23)21-14-6-4-3-5-13(14)20/h3-9H,10H2,1-2H3,(H,21,23). The maximum Gasteiger partial charge on any atom is 0.255 e. The highest BCUT2D eigenvalue weighted by molar-refractivity contribution is 7.94. The van der Waals surface area contributed by atoms with E-state index in [1.54, 1.807) is 6.07 Å². The number of anilines is 2. The lowest BCUT2D eigenvalue weighted by Gasteiger charge is -2.19. The number of nitrogens with one attached hydrogen (secondary N) is 1. The molecule has 1 N–H and O–H groups in total. The molecule has 1 fully saturated rings. The minimum atomic E-state index is -3.92. The molecular weight excluding hydrogens is 395 g/mol. The van der Waals surface area contributed by atoms with Crippen LogP contribution < -0.4 is 9.62 Å². The van der Waals surface area contributed by atoms with E-state index in [0.29, 0.717) is 4.31 Å². The second-order valence-electron chi connectivity index (χ2n) is 6.81. The van der Waals surface area contributed by atoms with Gasteiger partial charge in [0.25, 0.3) is 5.91 Å². The first kappa shape index (κ1) is 19.3. The summed E-state index contributed by atoms with van der Waals surface area (Å²) in [4.78, 5) is 25.0. The Bertz CT molecular complexity index is 1050. The van der Waals surface area contributed by atoms with Crippen molar-refractivity contribution in [1.29, 1.82) is 0 Å². The maximum absolute atomic E-state index is 13.7. The molecule has 27 heavy (non-hydrogen) atoms. The topological polar surface area (TPSA) is 83.6 Å². The quantitative estimate of drug-likeness (QED) is 0.840. The number of para-hydroxylation sites is 1. The molecule has 1 aliphatic heterocycles. The number of rotatable bonds is 3. The SMILES string of the molecule is CC1(C)CS(=O)(=O)N(c2cc(C(=O)Nc3ccccc3F)ccc2Cl)C1=O. The van der Waals surface area contributed by atoms with Gasteiger partial charge < -0.3 is 5.32 Å². The molecule has 1 heterocycles. The summed E-state index contributed by atoms with van der Waals surface area (Å²) < 4.78 is 39.3. The van der Waals surface area contributed by atoms with Crippen molar-refractivity contribution in [2.75, 3.05) is 15.4 Å². The molecule has 0 saturated carbocycles. The third-order valence-corrected chi connectivity index (χ3v) is 6.46. The van der Waals surface area contributed by atoms with Gasteiger partial charge in [-0.15, -0.1) is 0 Å². The van der Waals surface area contributed by atoms with E-state index in [0.717, 1.165) is 0 Å². The second-order valence-corrected chi connectivity index (χ2v) is 9.03. The third-order valence-electron chi connectivity index (χ3n) is 4.13. The number of nitrogens with zero attached hydrogens (tertiary/aromatic N) is 1. The number of carbonyl (C=O) groups is 2. The fourth-order valence-corrected chi connectivity index (χ4v) is 5.18. The van der Waals surface area contributed by atoms with Crippen molar-refractivity contribution >= 4 is 44.8 Å². The highest BCUT2D eigenvalue weighted by Crippen LogP contribution is 2.39. The molecular formula is C18H16ClFN2O4S. The van der Waals surface area contributed by atoms with E-state index in [1.165, 1.54) is 50.2 Å². The molecule has 0 unspecified atom stereocenters. The Labute approximate surface area is 161 Å². The summed E-state index contributed by atoms with van der Waals surface area (Å²) in [5.74, 6) is -2.27. The van der Waals surface area contributed by atoms with Crippen LogP contribution in [0.3, 0.4) is 0 Å². The summed E-state index contributed by atoms with van der Waals surface area (Å²) in [6, 6.07) is 9.51. The van der Waals surface area contributed by atoms with E-state index in [2.05, 4.69) is 5.32 Å². The number of hydrogen-bond donors (Lipinski definition) is 1. The van der Waals surface area contributed by atoms with Crippen LogP contribution >= 0.6 is 11.6 Å². The van der Waals surface area contributed by atoms with E-state index in [9.17, 15) is 22.4 Å². The minimum Gasteiger partial charge on any atom is -0.319 e. The monoisotopic (exact) mass is 410 g/mol. The molecule has 0 spiro atoms. The van der Waals surface area contributed by atoms with Crippen LogP contribution in [0.4, 0.5) is 15.8 Å². The van der Waals surface area contributed by atoms with Gasteiger partial charge in [0.05, 0.1) is 27.6 Å². The van der Waals surface area contributed by atoms with Crippen LogP contribution in [0.15, 0.2) is 42.5 Å². The van der Waals surface area contributed by atoms with Gasteiger partial charge in [-0.2, -0.15) is 0 Å². The highest BCUT2D eigenvalue weighted by Gasteiger charge is 2.50. The van der Waals surface area contributed by atoms with Crippen LogP contribution in [0, 0.1) is 11.2 Å². The molecule has 0 radical (unpaired) electrons. The smallest absolute Gasteiger partial charge is 0.255 e. The normalized spacial score (nSPS) is 17.8. The van der Waals surface area contributed by atoms with Crippen molar-refractivity contribution in [2.24, 2.45) is 5.41 Å². The molecule has 0 atom stereocenters. The number of amides is 2. The molecule has 2 amide bonds. The molecule has 2 aromatic carbocycles. The molecule has 3 rings (SSSR count). The van der Waals surface area contributed by atoms with Gasteiger partial charge in [-0.3, -0.25) is 9.59 Å². The number of carbonyl (C=O) groups excluding carboxylic acids is 2. The number of halogens is 2. The Balaban J connectivity index is 1.99. The predicted molar refractivity (Wildman–Crippen MR) is 101 cm³/mol. The zero-order chi connectivity index (χ0) is 20.0. The maximum atomic E-state index is 13.7. The van der Waals surface area contributed by atoms with Crippen LogP contribution in [0.25, 0.3) is 0 Å². The van der Waals surface area contributed by atoms with Crippen LogP contribution in [-0.2, 0) is 14.8 Å². The van der Waals surface area contributed by atoms with Gasteiger partial charge in [-0.25, -0.2) is 17.1 Å². The number of hydrogen-bond acceptors (Lipinski definition) is 4.